The van der Waals surface area contributed by atoms with Gasteiger partial charge in [0, 0.05) is 35.9 Å². The van der Waals surface area contributed by atoms with Crippen LogP contribution in [-0.2, 0) is 0 Å². The van der Waals surface area contributed by atoms with E-state index in [1.165, 1.54) is 4.52 Å². The molecule has 9 nitrogen and oxygen atoms in total. The summed E-state index contributed by atoms with van der Waals surface area (Å²) in [6, 6.07) is 19.1. The molecule has 2 aromatic carbocycles. The Labute approximate surface area is 228 Å². The second kappa shape index (κ2) is 10.2. The fourth-order valence-corrected chi connectivity index (χ4v) is 4.57. The van der Waals surface area contributed by atoms with E-state index in [4.69, 9.17) is 10.2 Å². The molecule has 0 unspecified atom stereocenters. The fraction of sp³-hybridized carbons (Fsp3) is 0.0645. The minimum atomic E-state index is -0.704. The van der Waals surface area contributed by atoms with Crippen LogP contribution >= 0.6 is 0 Å². The van der Waals surface area contributed by atoms with Crippen molar-refractivity contribution in [2.45, 2.75) is 13.0 Å². The Kier molecular flexibility index (Phi) is 6.26. The number of carbonyl (C=O) groups excluding carboxylic acids is 1. The number of amides is 1. The quantitative estimate of drug-likeness (QED) is 0.326. The van der Waals surface area contributed by atoms with Gasteiger partial charge in [0.05, 0.1) is 17.0 Å². The van der Waals surface area contributed by atoms with Crippen molar-refractivity contribution in [2.24, 2.45) is 0 Å². The number of pyridine rings is 1. The Hall–Kier alpha value is -5.75. The number of nitrogens with one attached hydrogen (secondary N) is 1. The Morgan fingerprint density at radius 1 is 1.00 bits per heavy atom. The van der Waals surface area contributed by atoms with Gasteiger partial charge in [-0.15, -0.1) is 5.10 Å². The van der Waals surface area contributed by atoms with Crippen LogP contribution in [0.3, 0.4) is 0 Å². The molecule has 4 aromatic heterocycles. The van der Waals surface area contributed by atoms with Crippen molar-refractivity contribution in [3.05, 3.63) is 124 Å². The van der Waals surface area contributed by atoms with E-state index in [9.17, 15) is 9.59 Å². The van der Waals surface area contributed by atoms with Crippen LogP contribution in [0.1, 0.15) is 40.2 Å². The molecule has 40 heavy (non-hydrogen) atoms. The fourth-order valence-electron chi connectivity index (χ4n) is 4.57. The third-order valence-corrected chi connectivity index (χ3v) is 6.42. The lowest BCUT2D eigenvalue weighted by Crippen LogP contribution is -2.28. The number of hydrogen-bond acceptors (Lipinski definition) is 7. The minimum Gasteiger partial charge on any atom is -0.458 e. The lowest BCUT2D eigenvalue weighted by Gasteiger charge is -2.18. The molecule has 6 rings (SSSR count). The first-order valence-corrected chi connectivity index (χ1v) is 12.5. The van der Waals surface area contributed by atoms with E-state index in [1.54, 1.807) is 68.1 Å². The van der Waals surface area contributed by atoms with Crippen LogP contribution in [0, 0.1) is 11.8 Å². The van der Waals surface area contributed by atoms with Crippen molar-refractivity contribution in [1.29, 1.82) is 0 Å². The largest absolute Gasteiger partial charge is 0.458 e. The molecule has 0 aliphatic carbocycles. The Morgan fingerprint density at radius 2 is 1.80 bits per heavy atom. The van der Waals surface area contributed by atoms with Gasteiger partial charge in [0.1, 0.15) is 16.9 Å². The van der Waals surface area contributed by atoms with E-state index in [0.717, 1.165) is 5.56 Å². The molecule has 0 bridgehead atoms. The average molecular weight is 527 g/mol. The summed E-state index contributed by atoms with van der Waals surface area (Å²) in [6.45, 7) is 1.75. The van der Waals surface area contributed by atoms with E-state index < -0.39 is 11.9 Å². The monoisotopic (exact) mass is 526 g/mol. The maximum absolute atomic E-state index is 14.1. The zero-order valence-corrected chi connectivity index (χ0v) is 21.3. The second-order valence-electron chi connectivity index (χ2n) is 9.04. The number of anilines is 1. The average Bonchev–Trinajstić information content (AvgIpc) is 3.32. The highest BCUT2D eigenvalue weighted by molar-refractivity contribution is 6.04. The molecule has 3 N–H and O–H groups in total. The minimum absolute atomic E-state index is 0.0454. The van der Waals surface area contributed by atoms with Crippen LogP contribution < -0.4 is 16.5 Å². The van der Waals surface area contributed by atoms with Crippen molar-refractivity contribution in [1.82, 2.24) is 24.9 Å². The van der Waals surface area contributed by atoms with Crippen LogP contribution in [0.2, 0.25) is 0 Å². The predicted octanol–water partition coefficient (Wildman–Crippen LogP) is 4.37. The Balaban J connectivity index is 1.48. The summed E-state index contributed by atoms with van der Waals surface area (Å²) in [5.74, 6) is 6.06. The van der Waals surface area contributed by atoms with Crippen molar-refractivity contribution in [2.75, 3.05) is 5.73 Å². The smallest absolute Gasteiger partial charge is 0.259 e. The summed E-state index contributed by atoms with van der Waals surface area (Å²) in [5, 5.41) is 7.44. The number of nitrogens with zero attached hydrogens (tertiary/aromatic N) is 4. The van der Waals surface area contributed by atoms with Crippen LogP contribution in [0.25, 0.3) is 27.7 Å². The standard InChI is InChI=1S/C31H22N6O3/c1-19(35-31(39)26-29(32)36-37-18-6-15-34-30(26)37)28-25(21-7-3-2-4-8-21)27(38)24-22(9-5-10-23(24)40-28)12-11-20-13-16-33-17-14-20/h2-10,13-19H,1H3,(H2,32,36)(H,35,39)/t19-/m1/s1. The normalized spacial score (nSPS) is 11.6. The predicted molar refractivity (Wildman–Crippen MR) is 151 cm³/mol. The summed E-state index contributed by atoms with van der Waals surface area (Å²) in [6.07, 6.45) is 6.53. The summed E-state index contributed by atoms with van der Waals surface area (Å²) in [7, 11) is 0. The van der Waals surface area contributed by atoms with E-state index in [2.05, 4.69) is 32.2 Å². The van der Waals surface area contributed by atoms with Crippen LogP contribution in [0.5, 0.6) is 0 Å². The zero-order valence-electron chi connectivity index (χ0n) is 21.3. The first kappa shape index (κ1) is 24.6. The van der Waals surface area contributed by atoms with Crippen molar-refractivity contribution >= 4 is 28.3 Å². The number of fused-ring (bicyclic) bond motifs is 2. The molecule has 9 heteroatoms. The highest BCUT2D eigenvalue weighted by atomic mass is 16.3. The number of carbonyl (C=O) groups is 1. The van der Waals surface area contributed by atoms with Gasteiger partial charge in [0.15, 0.2) is 11.5 Å². The zero-order chi connectivity index (χ0) is 27.6. The SMILES string of the molecule is C[C@@H](NC(=O)c1c(N)nn2cccnc12)c1oc2cccc(C#Cc3ccncc3)c2c(=O)c1-c1ccccc1. The van der Waals surface area contributed by atoms with Crippen LogP contribution in [0.4, 0.5) is 5.82 Å². The molecule has 6 aromatic rings. The van der Waals surface area contributed by atoms with Gasteiger partial charge in [0.25, 0.3) is 5.91 Å². The molecular formula is C31H22N6O3. The number of rotatable bonds is 4. The van der Waals surface area contributed by atoms with Gasteiger partial charge in [-0.25, -0.2) is 9.50 Å². The molecule has 0 aliphatic rings. The molecule has 1 atom stereocenters. The molecule has 0 aliphatic heterocycles. The lowest BCUT2D eigenvalue weighted by atomic mass is 9.97. The maximum atomic E-state index is 14.1. The molecule has 0 fully saturated rings. The Morgan fingerprint density at radius 3 is 2.60 bits per heavy atom. The summed E-state index contributed by atoms with van der Waals surface area (Å²) in [4.78, 5) is 35.8. The summed E-state index contributed by atoms with van der Waals surface area (Å²) >= 11 is 0. The van der Waals surface area contributed by atoms with E-state index >= 15 is 0 Å². The van der Waals surface area contributed by atoms with Crippen LogP contribution in [0.15, 0.2) is 101 Å². The first-order chi connectivity index (χ1) is 19.5. The number of benzene rings is 2. The van der Waals surface area contributed by atoms with Gasteiger partial charge in [-0.05, 0) is 42.8 Å². The number of aromatic nitrogens is 4. The molecular weight excluding hydrogens is 504 g/mol. The van der Waals surface area contributed by atoms with Crippen molar-refractivity contribution in [3.8, 4) is 23.0 Å². The topological polar surface area (TPSA) is 128 Å². The molecule has 0 saturated carbocycles. The molecule has 1 amide bonds. The van der Waals surface area contributed by atoms with Crippen LogP contribution in [-0.4, -0.2) is 25.5 Å². The number of nitrogens with two attached hydrogens (primary N) is 1. The number of hydrogen-bond donors (Lipinski definition) is 2. The third kappa shape index (κ3) is 4.44. The van der Waals surface area contributed by atoms with Gasteiger partial charge in [-0.1, -0.05) is 48.2 Å². The molecule has 194 valence electrons. The van der Waals surface area contributed by atoms with Crippen molar-refractivity contribution < 1.29 is 9.21 Å². The molecule has 4 heterocycles. The third-order valence-electron chi connectivity index (χ3n) is 6.42. The summed E-state index contributed by atoms with van der Waals surface area (Å²) in [5.41, 5.74) is 8.93. The second-order valence-corrected chi connectivity index (χ2v) is 9.04. The maximum Gasteiger partial charge on any atom is 0.259 e. The van der Waals surface area contributed by atoms with E-state index in [1.807, 2.05) is 30.3 Å². The first-order valence-electron chi connectivity index (χ1n) is 12.5. The van der Waals surface area contributed by atoms with E-state index in [-0.39, 0.29) is 16.8 Å². The number of nitrogen functional groups attached to an aromatic ring is 1. The highest BCUT2D eigenvalue weighted by Gasteiger charge is 2.26. The van der Waals surface area contributed by atoms with Gasteiger partial charge in [-0.3, -0.25) is 14.6 Å². The van der Waals surface area contributed by atoms with Crippen molar-refractivity contribution in [3.63, 3.8) is 0 Å². The highest BCUT2D eigenvalue weighted by Crippen LogP contribution is 2.30. The molecule has 0 spiro atoms. The van der Waals surface area contributed by atoms with Gasteiger partial charge in [0.2, 0.25) is 5.43 Å². The molecule has 0 radical (unpaired) electrons. The van der Waals surface area contributed by atoms with Gasteiger partial charge < -0.3 is 15.5 Å². The summed E-state index contributed by atoms with van der Waals surface area (Å²) < 4.78 is 7.80. The Bertz CT molecular complexity index is 2000. The van der Waals surface area contributed by atoms with E-state index in [0.29, 0.717) is 39.1 Å². The van der Waals surface area contributed by atoms with Gasteiger partial charge >= 0.3 is 0 Å². The molecule has 0 saturated heterocycles. The van der Waals surface area contributed by atoms with Gasteiger partial charge in [-0.2, -0.15) is 0 Å². The lowest BCUT2D eigenvalue weighted by molar-refractivity contribution is 0.0938.